The van der Waals surface area contributed by atoms with Crippen LogP contribution in [0.2, 0.25) is 0 Å². The van der Waals surface area contributed by atoms with Gasteiger partial charge in [0.2, 0.25) is 0 Å². The Balaban J connectivity index is 1.04. The summed E-state index contributed by atoms with van der Waals surface area (Å²) >= 11 is 1.86. The lowest BCUT2D eigenvalue weighted by Crippen LogP contribution is -2.11. The first kappa shape index (κ1) is 36.5. The molecule has 0 aliphatic carbocycles. The average Bonchev–Trinajstić information content (AvgIpc) is 4.02. The van der Waals surface area contributed by atoms with E-state index in [2.05, 4.69) is 251 Å². The number of benzene rings is 10. The maximum absolute atomic E-state index is 2.46. The number of para-hydroxylation sites is 4. The predicted molar refractivity (Wildman–Crippen MR) is 274 cm³/mol. The van der Waals surface area contributed by atoms with Crippen molar-refractivity contribution in [1.82, 2.24) is 9.13 Å². The van der Waals surface area contributed by atoms with Gasteiger partial charge in [-0.1, -0.05) is 152 Å². The molecule has 0 unspecified atom stereocenters. The van der Waals surface area contributed by atoms with Crippen LogP contribution in [0.25, 0.3) is 97.4 Å². The third-order valence-corrected chi connectivity index (χ3v) is 14.0. The molecule has 3 aromatic heterocycles. The fourth-order valence-corrected chi connectivity index (χ4v) is 11.1. The Kier molecular flexibility index (Phi) is 8.40. The Bertz CT molecular complexity index is 3910. The predicted octanol–water partition coefficient (Wildman–Crippen LogP) is 17.1. The first-order chi connectivity index (χ1) is 31.7. The van der Waals surface area contributed by atoms with Crippen LogP contribution in [0.1, 0.15) is 0 Å². The molecule has 13 rings (SSSR count). The number of hydrogen-bond donors (Lipinski definition) is 0. The molecule has 0 bridgehead atoms. The fraction of sp³-hybridized carbons (Fsp3) is 0. The summed E-state index contributed by atoms with van der Waals surface area (Å²) in [4.78, 5) is 2.45. The van der Waals surface area contributed by atoms with E-state index in [4.69, 9.17) is 0 Å². The zero-order chi connectivity index (χ0) is 42.1. The van der Waals surface area contributed by atoms with Crippen molar-refractivity contribution in [2.45, 2.75) is 0 Å². The zero-order valence-electron chi connectivity index (χ0n) is 34.8. The highest BCUT2D eigenvalue weighted by atomic mass is 32.1. The molecule has 4 heteroatoms. The summed E-state index contributed by atoms with van der Waals surface area (Å²) in [5.41, 5.74) is 14.9. The summed E-state index contributed by atoms with van der Waals surface area (Å²) in [5, 5.41) is 7.54. The Morgan fingerprint density at radius 2 is 0.875 bits per heavy atom. The smallest absolute Gasteiger partial charge is 0.0561 e. The highest BCUT2D eigenvalue weighted by Crippen LogP contribution is 2.45. The Labute approximate surface area is 374 Å². The first-order valence-electron chi connectivity index (χ1n) is 21.8. The molecular weight excluding hydrogens is 795 g/mol. The van der Waals surface area contributed by atoms with Crippen LogP contribution in [0.15, 0.2) is 237 Å². The van der Waals surface area contributed by atoms with E-state index in [9.17, 15) is 0 Å². The SMILES string of the molecule is c1ccc(-c2cccc(N(c3ccc4c5ccccc5n(-c5ccccc5)c4c3)c3ccccc3-c3ccc4c5ccccc5n(-c5ccc6sc7ccccc7c6c5)c4c3)c2)cc1. The van der Waals surface area contributed by atoms with Gasteiger partial charge in [0.15, 0.2) is 0 Å². The number of rotatable bonds is 7. The quantitative estimate of drug-likeness (QED) is 0.156. The van der Waals surface area contributed by atoms with Crippen molar-refractivity contribution in [3.8, 4) is 33.6 Å². The largest absolute Gasteiger partial charge is 0.310 e. The average molecular weight is 834 g/mol. The normalized spacial score (nSPS) is 11.8. The highest BCUT2D eigenvalue weighted by Gasteiger charge is 2.22. The number of hydrogen-bond acceptors (Lipinski definition) is 2. The minimum atomic E-state index is 1.08. The standard InChI is InChI=1S/C60H39N3S/c1-3-16-40(17-4-1)41-18-15-21-44(36-41)61(46-31-34-51-49-24-8-12-27-55(49)62(58(51)39-46)43-19-5-2-6-20-43)54-26-11-7-22-47(54)42-30-33-50-48-23-9-13-28-56(48)63(57(50)37-42)45-32-35-60-53(38-45)52-25-10-14-29-59(52)64-60/h1-39H. The van der Waals surface area contributed by atoms with Gasteiger partial charge in [0.25, 0.3) is 0 Å². The summed E-state index contributed by atoms with van der Waals surface area (Å²) in [6.45, 7) is 0. The lowest BCUT2D eigenvalue weighted by molar-refractivity contribution is 1.18. The number of fused-ring (bicyclic) bond motifs is 9. The van der Waals surface area contributed by atoms with Gasteiger partial charge in [-0.3, -0.25) is 0 Å². The molecule has 10 aromatic carbocycles. The van der Waals surface area contributed by atoms with Gasteiger partial charge < -0.3 is 14.0 Å². The number of anilines is 3. The van der Waals surface area contributed by atoms with E-state index >= 15 is 0 Å². The molecule has 0 amide bonds. The van der Waals surface area contributed by atoms with Crippen molar-refractivity contribution in [3.05, 3.63) is 237 Å². The van der Waals surface area contributed by atoms with Crippen LogP contribution < -0.4 is 4.90 Å². The van der Waals surface area contributed by atoms with Crippen LogP contribution in [-0.4, -0.2) is 9.13 Å². The summed E-state index contributed by atoms with van der Waals surface area (Å²) in [6.07, 6.45) is 0. The fourth-order valence-electron chi connectivity index (χ4n) is 10.0. The van der Waals surface area contributed by atoms with Crippen LogP contribution >= 0.6 is 11.3 Å². The Morgan fingerprint density at radius 3 is 1.67 bits per heavy atom. The highest BCUT2D eigenvalue weighted by molar-refractivity contribution is 7.25. The van der Waals surface area contributed by atoms with Gasteiger partial charge in [0.1, 0.15) is 0 Å². The van der Waals surface area contributed by atoms with Crippen LogP contribution in [0, 0.1) is 0 Å². The van der Waals surface area contributed by atoms with E-state index in [0.29, 0.717) is 0 Å². The lowest BCUT2D eigenvalue weighted by Gasteiger charge is -2.28. The Morgan fingerprint density at radius 1 is 0.297 bits per heavy atom. The van der Waals surface area contributed by atoms with E-state index in [0.717, 1.165) is 45.1 Å². The van der Waals surface area contributed by atoms with Crippen molar-refractivity contribution in [2.24, 2.45) is 0 Å². The van der Waals surface area contributed by atoms with E-state index < -0.39 is 0 Å². The molecule has 0 aliphatic rings. The van der Waals surface area contributed by atoms with Crippen molar-refractivity contribution >= 4 is 92.2 Å². The zero-order valence-corrected chi connectivity index (χ0v) is 35.6. The maximum atomic E-state index is 2.46. The summed E-state index contributed by atoms with van der Waals surface area (Å²) in [7, 11) is 0. The molecule has 3 heterocycles. The van der Waals surface area contributed by atoms with Crippen molar-refractivity contribution in [1.29, 1.82) is 0 Å². The second-order valence-electron chi connectivity index (χ2n) is 16.5. The van der Waals surface area contributed by atoms with Gasteiger partial charge in [-0.15, -0.1) is 11.3 Å². The van der Waals surface area contributed by atoms with Crippen LogP contribution in [0.3, 0.4) is 0 Å². The summed E-state index contributed by atoms with van der Waals surface area (Å²) in [5.74, 6) is 0. The van der Waals surface area contributed by atoms with E-state index in [-0.39, 0.29) is 0 Å². The monoisotopic (exact) mass is 833 g/mol. The molecule has 0 radical (unpaired) electrons. The molecule has 0 saturated carbocycles. The second-order valence-corrected chi connectivity index (χ2v) is 17.6. The van der Waals surface area contributed by atoms with Gasteiger partial charge in [0, 0.05) is 70.0 Å². The number of aromatic nitrogens is 2. The summed E-state index contributed by atoms with van der Waals surface area (Å²) < 4.78 is 7.48. The van der Waals surface area contributed by atoms with Crippen molar-refractivity contribution in [3.63, 3.8) is 0 Å². The van der Waals surface area contributed by atoms with Crippen LogP contribution in [0.4, 0.5) is 17.1 Å². The molecule has 0 N–H and O–H groups in total. The molecule has 0 aliphatic heterocycles. The maximum Gasteiger partial charge on any atom is 0.0561 e. The van der Waals surface area contributed by atoms with Crippen LogP contribution in [0.5, 0.6) is 0 Å². The molecule has 0 saturated heterocycles. The molecule has 0 atom stereocenters. The Hall–Kier alpha value is -8.18. The molecule has 3 nitrogen and oxygen atoms in total. The number of thiophene rings is 1. The lowest BCUT2D eigenvalue weighted by atomic mass is 9.99. The molecule has 0 spiro atoms. The summed E-state index contributed by atoms with van der Waals surface area (Å²) in [6, 6.07) is 86.6. The van der Waals surface area contributed by atoms with E-state index in [1.54, 1.807) is 0 Å². The minimum Gasteiger partial charge on any atom is -0.310 e. The van der Waals surface area contributed by atoms with Crippen LogP contribution in [-0.2, 0) is 0 Å². The van der Waals surface area contributed by atoms with E-state index in [1.165, 1.54) is 69.4 Å². The molecular formula is C60H39N3S. The van der Waals surface area contributed by atoms with Gasteiger partial charge in [-0.05, 0) is 102 Å². The molecule has 64 heavy (non-hydrogen) atoms. The first-order valence-corrected chi connectivity index (χ1v) is 22.7. The molecule has 0 fully saturated rings. The van der Waals surface area contributed by atoms with Crippen molar-refractivity contribution < 1.29 is 0 Å². The number of nitrogens with zero attached hydrogens (tertiary/aromatic N) is 3. The van der Waals surface area contributed by atoms with Crippen molar-refractivity contribution in [2.75, 3.05) is 4.90 Å². The van der Waals surface area contributed by atoms with E-state index in [1.807, 2.05) is 11.3 Å². The second kappa shape index (κ2) is 14.7. The third kappa shape index (κ3) is 5.81. The molecule has 300 valence electrons. The van der Waals surface area contributed by atoms with Gasteiger partial charge in [0.05, 0.1) is 27.8 Å². The van der Waals surface area contributed by atoms with Gasteiger partial charge in [-0.25, -0.2) is 0 Å². The molecule has 13 aromatic rings. The topological polar surface area (TPSA) is 13.1 Å². The third-order valence-electron chi connectivity index (χ3n) is 12.9. The van der Waals surface area contributed by atoms with Gasteiger partial charge >= 0.3 is 0 Å². The minimum absolute atomic E-state index is 1.08. The van der Waals surface area contributed by atoms with Gasteiger partial charge in [-0.2, -0.15) is 0 Å².